The SMILES string of the molecule is CN(C)CCc1ccc2c(C=O)cnn2c1. The fourth-order valence-corrected chi connectivity index (χ4v) is 1.64. The summed E-state index contributed by atoms with van der Waals surface area (Å²) in [5.74, 6) is 0. The maximum Gasteiger partial charge on any atom is 0.153 e. The van der Waals surface area contributed by atoms with Crippen LogP contribution in [0.1, 0.15) is 15.9 Å². The molecule has 84 valence electrons. The molecule has 0 amide bonds. The van der Waals surface area contributed by atoms with Gasteiger partial charge in [0.25, 0.3) is 0 Å². The van der Waals surface area contributed by atoms with Crippen molar-refractivity contribution >= 4 is 11.8 Å². The van der Waals surface area contributed by atoms with Gasteiger partial charge in [-0.25, -0.2) is 4.52 Å². The molecule has 0 N–H and O–H groups in total. The first-order valence-electron chi connectivity index (χ1n) is 5.27. The number of aromatic nitrogens is 2. The van der Waals surface area contributed by atoms with Crippen LogP contribution in [0.25, 0.3) is 5.52 Å². The first-order valence-corrected chi connectivity index (χ1v) is 5.27. The van der Waals surface area contributed by atoms with Gasteiger partial charge in [0.1, 0.15) is 0 Å². The molecule has 2 aromatic heterocycles. The topological polar surface area (TPSA) is 37.6 Å². The largest absolute Gasteiger partial charge is 0.309 e. The number of carbonyl (C=O) groups excluding carboxylic acids is 1. The van der Waals surface area contributed by atoms with Crippen molar-refractivity contribution < 1.29 is 4.79 Å². The number of nitrogens with zero attached hydrogens (tertiary/aromatic N) is 3. The zero-order valence-corrected chi connectivity index (χ0v) is 9.55. The monoisotopic (exact) mass is 217 g/mol. The van der Waals surface area contributed by atoms with Gasteiger partial charge in [-0.2, -0.15) is 5.10 Å². The molecular formula is C12H15N3O. The maximum atomic E-state index is 10.7. The molecule has 0 aromatic carbocycles. The van der Waals surface area contributed by atoms with E-state index in [-0.39, 0.29) is 0 Å². The number of likely N-dealkylation sites (N-methyl/N-ethyl adjacent to an activating group) is 1. The summed E-state index contributed by atoms with van der Waals surface area (Å²) in [6, 6.07) is 4.00. The number of hydrogen-bond donors (Lipinski definition) is 0. The Kier molecular flexibility index (Phi) is 3.01. The number of aldehydes is 1. The van der Waals surface area contributed by atoms with Gasteiger partial charge in [-0.1, -0.05) is 6.07 Å². The summed E-state index contributed by atoms with van der Waals surface area (Å²) < 4.78 is 1.76. The molecule has 0 unspecified atom stereocenters. The molecule has 0 saturated heterocycles. The van der Waals surface area contributed by atoms with Crippen LogP contribution in [0.5, 0.6) is 0 Å². The zero-order valence-electron chi connectivity index (χ0n) is 9.55. The highest BCUT2D eigenvalue weighted by Gasteiger charge is 2.03. The fraction of sp³-hybridized carbons (Fsp3) is 0.333. The highest BCUT2D eigenvalue weighted by molar-refractivity contribution is 5.85. The highest BCUT2D eigenvalue weighted by atomic mass is 16.1. The lowest BCUT2D eigenvalue weighted by molar-refractivity contribution is 0.112. The lowest BCUT2D eigenvalue weighted by Crippen LogP contribution is -2.15. The zero-order chi connectivity index (χ0) is 11.5. The van der Waals surface area contributed by atoms with E-state index in [9.17, 15) is 4.79 Å². The highest BCUT2D eigenvalue weighted by Crippen LogP contribution is 2.10. The van der Waals surface area contributed by atoms with Gasteiger partial charge in [0.15, 0.2) is 6.29 Å². The third-order valence-corrected chi connectivity index (χ3v) is 2.58. The third-order valence-electron chi connectivity index (χ3n) is 2.58. The summed E-state index contributed by atoms with van der Waals surface area (Å²) >= 11 is 0. The molecule has 2 aromatic rings. The van der Waals surface area contributed by atoms with Crippen LogP contribution in [0.4, 0.5) is 0 Å². The Balaban J connectivity index is 2.27. The van der Waals surface area contributed by atoms with E-state index >= 15 is 0 Å². The van der Waals surface area contributed by atoms with Gasteiger partial charge in [-0.3, -0.25) is 4.79 Å². The molecule has 0 aliphatic heterocycles. The lowest BCUT2D eigenvalue weighted by Gasteiger charge is -2.09. The molecule has 4 nitrogen and oxygen atoms in total. The standard InChI is InChI=1S/C12H15N3O/c1-14(2)6-5-10-3-4-12-11(9-16)7-13-15(12)8-10/h3-4,7-9H,5-6H2,1-2H3. The van der Waals surface area contributed by atoms with Crippen molar-refractivity contribution in [3.63, 3.8) is 0 Å². The van der Waals surface area contributed by atoms with Crippen LogP contribution < -0.4 is 0 Å². The molecule has 2 heterocycles. The second-order valence-electron chi connectivity index (χ2n) is 4.14. The van der Waals surface area contributed by atoms with Gasteiger partial charge in [-0.05, 0) is 32.1 Å². The minimum Gasteiger partial charge on any atom is -0.309 e. The van der Waals surface area contributed by atoms with Crippen LogP contribution in [-0.2, 0) is 6.42 Å². The molecule has 0 aliphatic rings. The van der Waals surface area contributed by atoms with E-state index in [0.29, 0.717) is 5.56 Å². The Labute approximate surface area is 94.5 Å². The molecule has 16 heavy (non-hydrogen) atoms. The first kappa shape index (κ1) is 10.8. The lowest BCUT2D eigenvalue weighted by atomic mass is 10.2. The van der Waals surface area contributed by atoms with Crippen molar-refractivity contribution in [1.82, 2.24) is 14.5 Å². The van der Waals surface area contributed by atoms with Crippen LogP contribution >= 0.6 is 0 Å². The molecule has 2 rings (SSSR count). The Bertz CT molecular complexity index is 502. The summed E-state index contributed by atoms with van der Waals surface area (Å²) in [7, 11) is 4.11. The maximum absolute atomic E-state index is 10.7. The van der Waals surface area contributed by atoms with Gasteiger partial charge >= 0.3 is 0 Å². The predicted octanol–water partition coefficient (Wildman–Crippen LogP) is 1.25. The van der Waals surface area contributed by atoms with Crippen molar-refractivity contribution in [3.05, 3.63) is 35.7 Å². The van der Waals surface area contributed by atoms with Gasteiger partial charge < -0.3 is 4.90 Å². The van der Waals surface area contributed by atoms with Crippen LogP contribution in [0.15, 0.2) is 24.5 Å². The van der Waals surface area contributed by atoms with Crippen molar-refractivity contribution in [2.24, 2.45) is 0 Å². The van der Waals surface area contributed by atoms with Crippen molar-refractivity contribution in [3.8, 4) is 0 Å². The van der Waals surface area contributed by atoms with E-state index in [1.165, 1.54) is 5.56 Å². The summed E-state index contributed by atoms with van der Waals surface area (Å²) in [4.78, 5) is 12.9. The summed E-state index contributed by atoms with van der Waals surface area (Å²) in [5.41, 5.74) is 2.73. The second-order valence-corrected chi connectivity index (χ2v) is 4.14. The number of hydrogen-bond acceptors (Lipinski definition) is 3. The number of rotatable bonds is 4. The Morgan fingerprint density at radius 3 is 2.94 bits per heavy atom. The van der Waals surface area contributed by atoms with Crippen molar-refractivity contribution in [2.75, 3.05) is 20.6 Å². The molecule has 0 fully saturated rings. The van der Waals surface area contributed by atoms with Crippen molar-refractivity contribution in [2.45, 2.75) is 6.42 Å². The van der Waals surface area contributed by atoms with Crippen LogP contribution in [-0.4, -0.2) is 41.4 Å². The Hall–Kier alpha value is -1.68. The molecule has 0 spiro atoms. The van der Waals surface area contributed by atoms with E-state index in [1.807, 2.05) is 18.3 Å². The van der Waals surface area contributed by atoms with Gasteiger partial charge in [0.2, 0.25) is 0 Å². The van der Waals surface area contributed by atoms with Crippen LogP contribution in [0.2, 0.25) is 0 Å². The minimum atomic E-state index is 0.638. The van der Waals surface area contributed by atoms with E-state index in [4.69, 9.17) is 0 Å². The molecule has 4 heteroatoms. The minimum absolute atomic E-state index is 0.638. The van der Waals surface area contributed by atoms with E-state index in [1.54, 1.807) is 10.7 Å². The molecule has 0 radical (unpaired) electrons. The van der Waals surface area contributed by atoms with E-state index in [0.717, 1.165) is 24.8 Å². The Morgan fingerprint density at radius 1 is 1.44 bits per heavy atom. The number of pyridine rings is 1. The summed E-state index contributed by atoms with van der Waals surface area (Å²) in [6.45, 7) is 1.01. The quantitative estimate of drug-likeness (QED) is 0.723. The molecule has 0 atom stereocenters. The average Bonchev–Trinajstić information content (AvgIpc) is 2.68. The van der Waals surface area contributed by atoms with Crippen LogP contribution in [0, 0.1) is 0 Å². The van der Waals surface area contributed by atoms with E-state index < -0.39 is 0 Å². The number of fused-ring (bicyclic) bond motifs is 1. The fourth-order valence-electron chi connectivity index (χ4n) is 1.64. The van der Waals surface area contributed by atoms with Crippen molar-refractivity contribution in [1.29, 1.82) is 0 Å². The van der Waals surface area contributed by atoms with Gasteiger partial charge in [-0.15, -0.1) is 0 Å². The smallest absolute Gasteiger partial charge is 0.153 e. The van der Waals surface area contributed by atoms with Gasteiger partial charge in [0, 0.05) is 12.7 Å². The van der Waals surface area contributed by atoms with Gasteiger partial charge in [0.05, 0.1) is 17.3 Å². The normalized spacial score (nSPS) is 11.2. The third kappa shape index (κ3) is 2.12. The Morgan fingerprint density at radius 2 is 2.25 bits per heavy atom. The molecule has 0 saturated carbocycles. The van der Waals surface area contributed by atoms with Crippen LogP contribution in [0.3, 0.4) is 0 Å². The molecule has 0 bridgehead atoms. The second kappa shape index (κ2) is 4.45. The average molecular weight is 217 g/mol. The molecular weight excluding hydrogens is 202 g/mol. The first-order chi connectivity index (χ1) is 7.70. The summed E-state index contributed by atoms with van der Waals surface area (Å²) in [5, 5.41) is 4.15. The summed E-state index contributed by atoms with van der Waals surface area (Å²) in [6.07, 6.45) is 5.39. The number of carbonyl (C=O) groups is 1. The molecule has 0 aliphatic carbocycles. The van der Waals surface area contributed by atoms with E-state index in [2.05, 4.69) is 24.1 Å². The predicted molar refractivity (Wildman–Crippen MR) is 62.8 cm³/mol.